The molecule has 1 aliphatic heterocycles. The largest absolute Gasteiger partial charge is 0.314 e. The monoisotopic (exact) mass is 334 g/mol. The molecular weight excluding hydrogens is 304 g/mol. The normalized spacial score (nSPS) is 21.1. The van der Waals surface area contributed by atoms with E-state index in [1.807, 2.05) is 0 Å². The highest BCUT2D eigenvalue weighted by atomic mass is 15.2. The highest BCUT2D eigenvalue weighted by Crippen LogP contribution is 2.34. The van der Waals surface area contributed by atoms with Crippen LogP contribution in [0.3, 0.4) is 0 Å². The molecule has 1 atom stereocenters. The van der Waals surface area contributed by atoms with Crippen LogP contribution in [-0.4, -0.2) is 31.1 Å². The van der Waals surface area contributed by atoms with Crippen LogP contribution in [0.1, 0.15) is 60.8 Å². The fourth-order valence-corrected chi connectivity index (χ4v) is 4.58. The molecule has 4 rings (SSSR count). The standard InChI is InChI=1S/C23H30N2/c1-3-7-19(8-4-1)20-11-13-22(14-12-20)23(21-9-5-2-6-10-21)25-17-15-24-16-18-25/h2,5-6,9-14,19,23-24H,1,3-4,7-8,15-18H2. The molecule has 0 radical (unpaired) electrons. The van der Waals surface area contributed by atoms with E-state index in [4.69, 9.17) is 0 Å². The number of nitrogens with zero attached hydrogens (tertiary/aromatic N) is 1. The molecule has 0 amide bonds. The number of piperazine rings is 1. The van der Waals surface area contributed by atoms with Crippen LogP contribution in [0.15, 0.2) is 54.6 Å². The Balaban J connectivity index is 1.60. The third kappa shape index (κ3) is 3.96. The van der Waals surface area contributed by atoms with Gasteiger partial charge in [0.1, 0.15) is 0 Å². The van der Waals surface area contributed by atoms with E-state index in [9.17, 15) is 0 Å². The van der Waals surface area contributed by atoms with E-state index in [-0.39, 0.29) is 0 Å². The number of benzene rings is 2. The molecule has 1 heterocycles. The maximum atomic E-state index is 3.48. The quantitative estimate of drug-likeness (QED) is 0.869. The van der Waals surface area contributed by atoms with E-state index in [0.717, 1.165) is 32.1 Å². The summed E-state index contributed by atoms with van der Waals surface area (Å²) >= 11 is 0. The zero-order valence-corrected chi connectivity index (χ0v) is 15.2. The lowest BCUT2D eigenvalue weighted by atomic mass is 9.83. The zero-order valence-electron chi connectivity index (χ0n) is 15.2. The van der Waals surface area contributed by atoms with Gasteiger partial charge in [-0.1, -0.05) is 73.9 Å². The molecule has 0 spiro atoms. The van der Waals surface area contributed by atoms with Gasteiger partial charge in [0, 0.05) is 26.2 Å². The molecule has 0 aromatic heterocycles. The predicted octanol–water partition coefficient (Wildman–Crippen LogP) is 4.73. The van der Waals surface area contributed by atoms with Crippen LogP contribution in [0.2, 0.25) is 0 Å². The lowest BCUT2D eigenvalue weighted by molar-refractivity contribution is 0.198. The minimum Gasteiger partial charge on any atom is -0.314 e. The summed E-state index contributed by atoms with van der Waals surface area (Å²) in [7, 11) is 0. The molecule has 2 aliphatic rings. The van der Waals surface area contributed by atoms with Crippen LogP contribution in [0.25, 0.3) is 0 Å². The SMILES string of the molecule is c1ccc(C(c2ccc(C3CCCCC3)cc2)N2CCNCC2)cc1. The molecule has 2 nitrogen and oxygen atoms in total. The maximum absolute atomic E-state index is 3.48. The van der Waals surface area contributed by atoms with E-state index >= 15 is 0 Å². The summed E-state index contributed by atoms with van der Waals surface area (Å²) < 4.78 is 0. The number of nitrogens with one attached hydrogen (secondary N) is 1. The molecule has 1 aliphatic carbocycles. The van der Waals surface area contributed by atoms with Crippen LogP contribution >= 0.6 is 0 Å². The average Bonchev–Trinajstić information content (AvgIpc) is 2.71. The summed E-state index contributed by atoms with van der Waals surface area (Å²) in [6.07, 6.45) is 6.98. The molecule has 0 bridgehead atoms. The van der Waals surface area contributed by atoms with Crippen molar-refractivity contribution in [2.24, 2.45) is 0 Å². The minimum absolute atomic E-state index is 0.378. The van der Waals surface area contributed by atoms with Crippen molar-refractivity contribution in [3.8, 4) is 0 Å². The molecule has 1 N–H and O–H groups in total. The van der Waals surface area contributed by atoms with Crippen molar-refractivity contribution in [2.75, 3.05) is 26.2 Å². The zero-order chi connectivity index (χ0) is 16.9. The molecule has 1 saturated carbocycles. The van der Waals surface area contributed by atoms with Gasteiger partial charge in [-0.25, -0.2) is 0 Å². The van der Waals surface area contributed by atoms with Gasteiger partial charge >= 0.3 is 0 Å². The van der Waals surface area contributed by atoms with Crippen molar-refractivity contribution >= 4 is 0 Å². The molecule has 25 heavy (non-hydrogen) atoms. The number of hydrogen-bond acceptors (Lipinski definition) is 2. The first-order valence-corrected chi connectivity index (χ1v) is 10.0. The van der Waals surface area contributed by atoms with Gasteiger partial charge in [0.25, 0.3) is 0 Å². The molecule has 1 saturated heterocycles. The van der Waals surface area contributed by atoms with E-state index in [1.54, 1.807) is 5.56 Å². The maximum Gasteiger partial charge on any atom is 0.0602 e. The van der Waals surface area contributed by atoms with Crippen LogP contribution < -0.4 is 5.32 Å². The second-order valence-electron chi connectivity index (χ2n) is 7.60. The van der Waals surface area contributed by atoms with Gasteiger partial charge in [-0.05, 0) is 35.4 Å². The summed E-state index contributed by atoms with van der Waals surface area (Å²) in [5, 5.41) is 3.48. The number of rotatable bonds is 4. The molecule has 2 fully saturated rings. The first-order chi connectivity index (χ1) is 12.4. The van der Waals surface area contributed by atoms with Gasteiger partial charge in [-0.15, -0.1) is 0 Å². The van der Waals surface area contributed by atoms with Crippen molar-refractivity contribution in [1.82, 2.24) is 10.2 Å². The van der Waals surface area contributed by atoms with Gasteiger partial charge in [-0.2, -0.15) is 0 Å². The Morgan fingerprint density at radius 2 is 1.40 bits per heavy atom. The van der Waals surface area contributed by atoms with E-state index < -0.39 is 0 Å². The Bertz CT molecular complexity index is 638. The molecular formula is C23H30N2. The van der Waals surface area contributed by atoms with Crippen molar-refractivity contribution in [3.63, 3.8) is 0 Å². The van der Waals surface area contributed by atoms with Gasteiger partial charge in [0.05, 0.1) is 6.04 Å². The first kappa shape index (κ1) is 16.8. The Hall–Kier alpha value is -1.64. The van der Waals surface area contributed by atoms with Crippen molar-refractivity contribution in [3.05, 3.63) is 71.3 Å². The van der Waals surface area contributed by atoms with Crippen molar-refractivity contribution in [2.45, 2.75) is 44.1 Å². The first-order valence-electron chi connectivity index (χ1n) is 10.0. The molecule has 132 valence electrons. The molecule has 1 unspecified atom stereocenters. The number of hydrogen-bond donors (Lipinski definition) is 1. The Labute approximate surface area is 152 Å². The summed E-state index contributed by atoms with van der Waals surface area (Å²) in [6, 6.07) is 21.0. The summed E-state index contributed by atoms with van der Waals surface area (Å²) in [4.78, 5) is 2.63. The predicted molar refractivity (Wildman–Crippen MR) is 105 cm³/mol. The topological polar surface area (TPSA) is 15.3 Å². The highest BCUT2D eigenvalue weighted by molar-refractivity contribution is 5.35. The van der Waals surface area contributed by atoms with Crippen LogP contribution in [0.5, 0.6) is 0 Å². The average molecular weight is 335 g/mol. The molecule has 2 aromatic rings. The lowest BCUT2D eigenvalue weighted by Crippen LogP contribution is -2.45. The highest BCUT2D eigenvalue weighted by Gasteiger charge is 2.24. The Morgan fingerprint density at radius 3 is 2.08 bits per heavy atom. The summed E-state index contributed by atoms with van der Waals surface area (Å²) in [6.45, 7) is 4.40. The second kappa shape index (κ2) is 8.16. The fourth-order valence-electron chi connectivity index (χ4n) is 4.58. The fraction of sp³-hybridized carbons (Fsp3) is 0.478. The van der Waals surface area contributed by atoms with E-state index in [1.165, 1.54) is 43.2 Å². The molecule has 2 heteroatoms. The van der Waals surface area contributed by atoms with Crippen LogP contribution in [0, 0.1) is 0 Å². The van der Waals surface area contributed by atoms with Crippen LogP contribution in [0.4, 0.5) is 0 Å². The van der Waals surface area contributed by atoms with Gasteiger partial charge < -0.3 is 5.32 Å². The van der Waals surface area contributed by atoms with E-state index in [0.29, 0.717) is 6.04 Å². The third-order valence-electron chi connectivity index (χ3n) is 5.96. The second-order valence-corrected chi connectivity index (χ2v) is 7.60. The summed E-state index contributed by atoms with van der Waals surface area (Å²) in [5.41, 5.74) is 4.40. The van der Waals surface area contributed by atoms with Gasteiger partial charge in [-0.3, -0.25) is 4.90 Å². The van der Waals surface area contributed by atoms with Gasteiger partial charge in [0.15, 0.2) is 0 Å². The lowest BCUT2D eigenvalue weighted by Gasteiger charge is -2.35. The minimum atomic E-state index is 0.378. The third-order valence-corrected chi connectivity index (χ3v) is 5.96. The van der Waals surface area contributed by atoms with Gasteiger partial charge in [0.2, 0.25) is 0 Å². The Kier molecular flexibility index (Phi) is 5.49. The summed E-state index contributed by atoms with van der Waals surface area (Å²) in [5.74, 6) is 0.789. The van der Waals surface area contributed by atoms with Crippen LogP contribution in [-0.2, 0) is 0 Å². The molecule has 2 aromatic carbocycles. The van der Waals surface area contributed by atoms with Crippen molar-refractivity contribution < 1.29 is 0 Å². The Morgan fingerprint density at radius 1 is 0.760 bits per heavy atom. The van der Waals surface area contributed by atoms with E-state index in [2.05, 4.69) is 64.8 Å². The van der Waals surface area contributed by atoms with Crippen molar-refractivity contribution in [1.29, 1.82) is 0 Å². The smallest absolute Gasteiger partial charge is 0.0602 e.